The van der Waals surface area contributed by atoms with Crippen LogP contribution in [0.5, 0.6) is 0 Å². The molecule has 18 heavy (non-hydrogen) atoms. The molecule has 0 saturated carbocycles. The van der Waals surface area contributed by atoms with E-state index < -0.39 is 0 Å². The molecule has 0 fully saturated rings. The van der Waals surface area contributed by atoms with Gasteiger partial charge in [-0.15, -0.1) is 0 Å². The Morgan fingerprint density at radius 1 is 1.28 bits per heavy atom. The summed E-state index contributed by atoms with van der Waals surface area (Å²) in [7, 11) is 0. The average molecular weight is 250 g/mol. The molecule has 5 heteroatoms. The topological polar surface area (TPSA) is 78.4 Å². The summed E-state index contributed by atoms with van der Waals surface area (Å²) in [6, 6.07) is 9.25. The van der Waals surface area contributed by atoms with Gasteiger partial charge < -0.3 is 15.7 Å². The first kappa shape index (κ1) is 14.2. The molecular formula is C13H18N2O3. The number of carbonyl (C=O) groups excluding carboxylic acids is 2. The van der Waals surface area contributed by atoms with Crippen LogP contribution in [0.3, 0.4) is 0 Å². The third-order valence-electron chi connectivity index (χ3n) is 2.41. The monoisotopic (exact) mass is 250 g/mol. The molecule has 1 unspecified atom stereocenters. The molecule has 3 N–H and O–H groups in total. The maximum Gasteiger partial charge on any atom is 0.239 e. The molecule has 0 aromatic heterocycles. The van der Waals surface area contributed by atoms with Crippen molar-refractivity contribution in [3.8, 4) is 0 Å². The van der Waals surface area contributed by atoms with Gasteiger partial charge in [0, 0.05) is 6.92 Å². The first-order chi connectivity index (χ1) is 8.61. The maximum atomic E-state index is 11.5. The summed E-state index contributed by atoms with van der Waals surface area (Å²) in [6.07, 6.45) is 0.559. The fraction of sp³-hybridized carbons (Fsp3) is 0.385. The molecule has 1 atom stereocenters. The molecule has 0 aliphatic carbocycles. The van der Waals surface area contributed by atoms with Crippen LogP contribution in [0, 0.1) is 0 Å². The lowest BCUT2D eigenvalue weighted by molar-refractivity contribution is -0.125. The molecule has 0 spiro atoms. The van der Waals surface area contributed by atoms with Crippen molar-refractivity contribution < 1.29 is 14.7 Å². The van der Waals surface area contributed by atoms with Crippen LogP contribution in [0.15, 0.2) is 30.3 Å². The van der Waals surface area contributed by atoms with Gasteiger partial charge in [-0.2, -0.15) is 0 Å². The zero-order chi connectivity index (χ0) is 13.4. The molecule has 2 amide bonds. The van der Waals surface area contributed by atoms with E-state index >= 15 is 0 Å². The van der Waals surface area contributed by atoms with Crippen LogP contribution in [-0.4, -0.2) is 36.1 Å². The van der Waals surface area contributed by atoms with E-state index in [-0.39, 0.29) is 31.0 Å². The van der Waals surface area contributed by atoms with E-state index in [0.29, 0.717) is 6.42 Å². The number of carbonyl (C=O) groups is 2. The van der Waals surface area contributed by atoms with E-state index in [2.05, 4.69) is 10.6 Å². The van der Waals surface area contributed by atoms with E-state index in [4.69, 9.17) is 0 Å². The van der Waals surface area contributed by atoms with Crippen LogP contribution < -0.4 is 10.6 Å². The first-order valence-corrected chi connectivity index (χ1v) is 5.80. The van der Waals surface area contributed by atoms with Gasteiger partial charge in [-0.05, 0) is 12.0 Å². The van der Waals surface area contributed by atoms with E-state index in [1.165, 1.54) is 6.92 Å². The van der Waals surface area contributed by atoms with Crippen LogP contribution in [0.1, 0.15) is 12.5 Å². The summed E-state index contributed by atoms with van der Waals surface area (Å²) in [5.74, 6) is -0.561. The Morgan fingerprint density at radius 2 is 1.94 bits per heavy atom. The quantitative estimate of drug-likeness (QED) is 0.656. The van der Waals surface area contributed by atoms with Gasteiger partial charge >= 0.3 is 0 Å². The summed E-state index contributed by atoms with van der Waals surface area (Å²) >= 11 is 0. The number of aliphatic hydroxyl groups is 1. The number of hydrogen-bond acceptors (Lipinski definition) is 3. The Kier molecular flexibility index (Phi) is 5.87. The third kappa shape index (κ3) is 5.45. The molecule has 0 aliphatic heterocycles. The second-order valence-electron chi connectivity index (χ2n) is 4.05. The second kappa shape index (κ2) is 7.45. The maximum absolute atomic E-state index is 11.5. The highest BCUT2D eigenvalue weighted by Gasteiger charge is 2.11. The SMILES string of the molecule is CC(=O)NCC(=O)NC(CO)Cc1ccccc1. The van der Waals surface area contributed by atoms with Crippen molar-refractivity contribution >= 4 is 11.8 Å². The largest absolute Gasteiger partial charge is 0.394 e. The summed E-state index contributed by atoms with van der Waals surface area (Å²) in [4.78, 5) is 22.1. The van der Waals surface area contributed by atoms with Crippen molar-refractivity contribution in [1.29, 1.82) is 0 Å². The van der Waals surface area contributed by atoms with E-state index in [9.17, 15) is 14.7 Å². The van der Waals surface area contributed by atoms with Crippen LogP contribution in [0.4, 0.5) is 0 Å². The Bertz CT molecular complexity index is 392. The molecule has 1 aromatic rings. The van der Waals surface area contributed by atoms with Crippen LogP contribution >= 0.6 is 0 Å². The van der Waals surface area contributed by atoms with Crippen molar-refractivity contribution in [3.63, 3.8) is 0 Å². The number of rotatable bonds is 6. The van der Waals surface area contributed by atoms with Gasteiger partial charge in [-0.3, -0.25) is 9.59 Å². The van der Waals surface area contributed by atoms with Gasteiger partial charge in [0.25, 0.3) is 0 Å². The molecule has 0 saturated heterocycles. The molecule has 1 aromatic carbocycles. The smallest absolute Gasteiger partial charge is 0.239 e. The first-order valence-electron chi connectivity index (χ1n) is 5.80. The van der Waals surface area contributed by atoms with Gasteiger partial charge in [-0.25, -0.2) is 0 Å². The summed E-state index contributed by atoms with van der Waals surface area (Å²) in [5.41, 5.74) is 1.04. The van der Waals surface area contributed by atoms with Crippen molar-refractivity contribution in [2.24, 2.45) is 0 Å². The molecule has 98 valence electrons. The molecule has 0 heterocycles. The summed E-state index contributed by atoms with van der Waals surface area (Å²) in [6.45, 7) is 1.14. The fourth-order valence-corrected chi connectivity index (χ4v) is 1.54. The van der Waals surface area contributed by atoms with Crippen molar-refractivity contribution in [3.05, 3.63) is 35.9 Å². The Hall–Kier alpha value is -1.88. The average Bonchev–Trinajstić information content (AvgIpc) is 2.37. The number of hydrogen-bond donors (Lipinski definition) is 3. The highest BCUT2D eigenvalue weighted by atomic mass is 16.3. The number of aliphatic hydroxyl groups excluding tert-OH is 1. The third-order valence-corrected chi connectivity index (χ3v) is 2.41. The van der Waals surface area contributed by atoms with Crippen molar-refractivity contribution in [2.75, 3.05) is 13.2 Å². The van der Waals surface area contributed by atoms with Gasteiger partial charge in [0.2, 0.25) is 11.8 Å². The van der Waals surface area contributed by atoms with Gasteiger partial charge in [-0.1, -0.05) is 30.3 Å². The van der Waals surface area contributed by atoms with Crippen LogP contribution in [-0.2, 0) is 16.0 Å². The lowest BCUT2D eigenvalue weighted by Crippen LogP contribution is -2.44. The standard InChI is InChI=1S/C13H18N2O3/c1-10(17)14-8-13(18)15-12(9-16)7-11-5-3-2-4-6-11/h2-6,12,16H,7-9H2,1H3,(H,14,17)(H,15,18). The van der Waals surface area contributed by atoms with E-state index in [1.54, 1.807) is 0 Å². The number of amides is 2. The second-order valence-corrected chi connectivity index (χ2v) is 4.05. The minimum atomic E-state index is -0.339. The van der Waals surface area contributed by atoms with Crippen LogP contribution in [0.25, 0.3) is 0 Å². The minimum Gasteiger partial charge on any atom is -0.394 e. The zero-order valence-corrected chi connectivity index (χ0v) is 10.3. The van der Waals surface area contributed by atoms with Gasteiger partial charge in [0.1, 0.15) is 0 Å². The van der Waals surface area contributed by atoms with Crippen molar-refractivity contribution in [1.82, 2.24) is 10.6 Å². The Morgan fingerprint density at radius 3 is 2.50 bits per heavy atom. The zero-order valence-electron chi connectivity index (χ0n) is 10.3. The van der Waals surface area contributed by atoms with Gasteiger partial charge in [0.15, 0.2) is 0 Å². The Labute approximate surface area is 106 Å². The fourth-order valence-electron chi connectivity index (χ4n) is 1.54. The number of nitrogens with one attached hydrogen (secondary N) is 2. The lowest BCUT2D eigenvalue weighted by Gasteiger charge is -2.16. The van der Waals surface area contributed by atoms with Crippen molar-refractivity contribution in [2.45, 2.75) is 19.4 Å². The van der Waals surface area contributed by atoms with Gasteiger partial charge in [0.05, 0.1) is 19.2 Å². The summed E-state index contributed by atoms with van der Waals surface area (Å²) in [5, 5.41) is 14.3. The molecular weight excluding hydrogens is 232 g/mol. The predicted octanol–water partition coefficient (Wildman–Crippen LogP) is -0.158. The molecule has 1 rings (SSSR count). The predicted molar refractivity (Wildman–Crippen MR) is 67.8 cm³/mol. The normalized spacial score (nSPS) is 11.7. The highest BCUT2D eigenvalue weighted by Crippen LogP contribution is 2.02. The molecule has 0 aliphatic rings. The molecule has 5 nitrogen and oxygen atoms in total. The Balaban J connectivity index is 2.42. The molecule has 0 bridgehead atoms. The van der Waals surface area contributed by atoms with E-state index in [1.807, 2.05) is 30.3 Å². The van der Waals surface area contributed by atoms with Crippen LogP contribution in [0.2, 0.25) is 0 Å². The lowest BCUT2D eigenvalue weighted by atomic mass is 10.1. The number of benzene rings is 1. The molecule has 0 radical (unpaired) electrons. The minimum absolute atomic E-state index is 0.0688. The van der Waals surface area contributed by atoms with E-state index in [0.717, 1.165) is 5.56 Å². The summed E-state index contributed by atoms with van der Waals surface area (Å²) < 4.78 is 0. The highest BCUT2D eigenvalue weighted by molar-refractivity contribution is 5.83.